The van der Waals surface area contributed by atoms with Crippen molar-refractivity contribution in [2.24, 2.45) is 5.73 Å². The normalized spacial score (nSPS) is 14.8. The summed E-state index contributed by atoms with van der Waals surface area (Å²) in [6.07, 6.45) is 4.48. The fourth-order valence-electron chi connectivity index (χ4n) is 3.43. The Labute approximate surface area is 171 Å². The first kappa shape index (κ1) is 19.3. The van der Waals surface area contributed by atoms with Crippen molar-refractivity contribution < 1.29 is 9.13 Å². The topological polar surface area (TPSA) is 98.8 Å². The summed E-state index contributed by atoms with van der Waals surface area (Å²) in [7, 11) is 1.53. The summed E-state index contributed by atoms with van der Waals surface area (Å²) in [5.41, 5.74) is 7.01. The number of rotatable bonds is 7. The lowest BCUT2D eigenvalue weighted by atomic mass is 9.66. The summed E-state index contributed by atoms with van der Waals surface area (Å²) < 4.78 is 19.5. The van der Waals surface area contributed by atoms with E-state index < -0.39 is 0 Å². The van der Waals surface area contributed by atoms with Crippen LogP contribution in [0.5, 0.6) is 5.88 Å². The summed E-state index contributed by atoms with van der Waals surface area (Å²) in [6.45, 7) is 4.29. The van der Waals surface area contributed by atoms with Gasteiger partial charge in [0.05, 0.1) is 12.8 Å². The lowest BCUT2D eigenvalue weighted by Gasteiger charge is -2.41. The van der Waals surface area contributed by atoms with Crippen LogP contribution in [0.2, 0.25) is 0 Å². The molecule has 0 amide bonds. The molecule has 1 fully saturated rings. The minimum absolute atomic E-state index is 0.259. The molecule has 0 aromatic carbocycles. The predicted molar refractivity (Wildman–Crippen MR) is 111 cm³/mol. The van der Waals surface area contributed by atoms with E-state index in [9.17, 15) is 4.39 Å². The Morgan fingerprint density at radius 3 is 2.72 bits per heavy atom. The van der Waals surface area contributed by atoms with Gasteiger partial charge in [-0.15, -0.1) is 21.5 Å². The van der Waals surface area contributed by atoms with Crippen molar-refractivity contribution in [3.8, 4) is 16.6 Å². The van der Waals surface area contributed by atoms with Crippen molar-refractivity contribution in [3.63, 3.8) is 0 Å². The molecule has 4 rings (SSSR count). The van der Waals surface area contributed by atoms with Gasteiger partial charge in [-0.25, -0.2) is 4.39 Å². The van der Waals surface area contributed by atoms with Crippen molar-refractivity contribution in [1.29, 1.82) is 0 Å². The van der Waals surface area contributed by atoms with Gasteiger partial charge in [-0.2, -0.15) is 4.98 Å². The van der Waals surface area contributed by atoms with E-state index in [4.69, 9.17) is 10.5 Å². The number of aromatic nitrogens is 4. The van der Waals surface area contributed by atoms with E-state index in [1.54, 1.807) is 12.3 Å². The molecule has 150 valence electrons. The summed E-state index contributed by atoms with van der Waals surface area (Å²) in [6, 6.07) is 6.73. The zero-order valence-corrected chi connectivity index (χ0v) is 16.8. The van der Waals surface area contributed by atoms with Gasteiger partial charge in [0.25, 0.3) is 0 Å². The minimum atomic E-state index is -0.301. The Hall–Kier alpha value is -3.07. The van der Waals surface area contributed by atoms with Gasteiger partial charge >= 0.3 is 0 Å². The van der Waals surface area contributed by atoms with Gasteiger partial charge in [-0.1, -0.05) is 13.0 Å². The molecule has 0 saturated heterocycles. The standard InChI is InChI=1S/C20H21FN6OS/c1-12(22)16-18(28-2)25-19(29-16)14-6-7-15(27-26-14)24-11-20(8-4-9-20)17-13(21)5-3-10-23-17/h3,5-7,10H,1,4,8-9,11,22H2,2H3,(H,24,27). The fraction of sp³-hybridized carbons (Fsp3) is 0.300. The fourth-order valence-corrected chi connectivity index (χ4v) is 4.32. The molecule has 0 radical (unpaired) electrons. The molecule has 9 heteroatoms. The van der Waals surface area contributed by atoms with Crippen molar-refractivity contribution >= 4 is 22.9 Å². The Bertz CT molecular complexity index is 1030. The number of ether oxygens (including phenoxy) is 1. The summed E-state index contributed by atoms with van der Waals surface area (Å²) in [5.74, 6) is 0.777. The molecule has 0 bridgehead atoms. The van der Waals surface area contributed by atoms with Crippen molar-refractivity contribution in [2.45, 2.75) is 24.7 Å². The van der Waals surface area contributed by atoms with Gasteiger partial charge in [0.1, 0.15) is 27.2 Å². The maximum atomic E-state index is 14.2. The number of nitrogens with two attached hydrogens (primary N) is 1. The van der Waals surface area contributed by atoms with Gasteiger partial charge in [-0.05, 0) is 37.1 Å². The lowest BCUT2D eigenvalue weighted by molar-refractivity contribution is 0.243. The molecule has 0 unspecified atom stereocenters. The highest BCUT2D eigenvalue weighted by Gasteiger charge is 2.41. The SMILES string of the molecule is C=C(N)c1sc(-c2ccc(NCC3(c4ncccc4F)CCC3)nn2)nc1OC. The van der Waals surface area contributed by atoms with E-state index in [1.807, 2.05) is 12.1 Å². The second kappa shape index (κ2) is 7.75. The van der Waals surface area contributed by atoms with E-state index in [-0.39, 0.29) is 11.2 Å². The van der Waals surface area contributed by atoms with Crippen LogP contribution in [0.25, 0.3) is 16.4 Å². The molecule has 0 atom stereocenters. The van der Waals surface area contributed by atoms with Crippen LogP contribution >= 0.6 is 11.3 Å². The highest BCUT2D eigenvalue weighted by molar-refractivity contribution is 7.16. The van der Waals surface area contributed by atoms with Gasteiger partial charge in [0.2, 0.25) is 5.88 Å². The van der Waals surface area contributed by atoms with E-state index >= 15 is 0 Å². The number of nitrogens with zero attached hydrogens (tertiary/aromatic N) is 4. The molecule has 1 saturated carbocycles. The molecule has 3 N–H and O–H groups in total. The average Bonchev–Trinajstić information content (AvgIpc) is 3.14. The van der Waals surface area contributed by atoms with Crippen LogP contribution in [0, 0.1) is 5.82 Å². The van der Waals surface area contributed by atoms with Crippen LogP contribution in [0.1, 0.15) is 29.8 Å². The van der Waals surface area contributed by atoms with E-state index in [1.165, 1.54) is 24.5 Å². The zero-order valence-electron chi connectivity index (χ0n) is 16.0. The van der Waals surface area contributed by atoms with Gasteiger partial charge in [0.15, 0.2) is 0 Å². The van der Waals surface area contributed by atoms with E-state index in [0.717, 1.165) is 19.3 Å². The molecule has 0 aliphatic heterocycles. The van der Waals surface area contributed by atoms with Gasteiger partial charge in [-0.3, -0.25) is 4.98 Å². The third-order valence-electron chi connectivity index (χ3n) is 5.14. The summed E-state index contributed by atoms with van der Waals surface area (Å²) in [4.78, 5) is 9.35. The van der Waals surface area contributed by atoms with Crippen molar-refractivity contribution in [3.05, 3.63) is 53.4 Å². The van der Waals surface area contributed by atoms with Crippen LogP contribution < -0.4 is 15.8 Å². The highest BCUT2D eigenvalue weighted by Crippen LogP contribution is 2.43. The molecule has 1 aliphatic rings. The molecular formula is C20H21FN6OS. The van der Waals surface area contributed by atoms with Crippen LogP contribution in [0.15, 0.2) is 37.0 Å². The monoisotopic (exact) mass is 412 g/mol. The number of nitrogens with one attached hydrogen (secondary N) is 1. The molecule has 29 heavy (non-hydrogen) atoms. The van der Waals surface area contributed by atoms with E-state index in [2.05, 4.69) is 32.1 Å². The first-order valence-electron chi connectivity index (χ1n) is 9.21. The quantitative estimate of drug-likeness (QED) is 0.612. The zero-order chi connectivity index (χ0) is 20.4. The predicted octanol–water partition coefficient (Wildman–Crippen LogP) is 3.61. The number of halogens is 1. The highest BCUT2D eigenvalue weighted by atomic mass is 32.1. The molecule has 3 aromatic rings. The molecule has 7 nitrogen and oxygen atoms in total. The second-order valence-electron chi connectivity index (χ2n) is 7.01. The lowest BCUT2D eigenvalue weighted by Crippen LogP contribution is -2.42. The van der Waals surface area contributed by atoms with E-state index in [0.29, 0.717) is 45.2 Å². The van der Waals surface area contributed by atoms with Crippen LogP contribution in [0.3, 0.4) is 0 Å². The summed E-state index contributed by atoms with van der Waals surface area (Å²) in [5, 5.41) is 12.4. The third-order valence-corrected chi connectivity index (χ3v) is 6.28. The smallest absolute Gasteiger partial charge is 0.234 e. The Kier molecular flexibility index (Phi) is 5.14. The Morgan fingerprint density at radius 2 is 2.17 bits per heavy atom. The van der Waals surface area contributed by atoms with Crippen molar-refractivity contribution in [1.82, 2.24) is 20.2 Å². The number of hydrogen-bond donors (Lipinski definition) is 2. The number of thiazole rings is 1. The minimum Gasteiger partial charge on any atom is -0.480 e. The maximum absolute atomic E-state index is 14.2. The Morgan fingerprint density at radius 1 is 1.34 bits per heavy atom. The molecule has 1 aliphatic carbocycles. The molecular weight excluding hydrogens is 391 g/mol. The third kappa shape index (κ3) is 3.65. The first-order chi connectivity index (χ1) is 14.0. The molecule has 3 heterocycles. The molecule has 3 aromatic heterocycles. The number of anilines is 1. The second-order valence-corrected chi connectivity index (χ2v) is 8.01. The van der Waals surface area contributed by atoms with Gasteiger partial charge < -0.3 is 15.8 Å². The molecule has 0 spiro atoms. The Balaban J connectivity index is 1.49. The van der Waals surface area contributed by atoms with Crippen molar-refractivity contribution in [2.75, 3.05) is 19.0 Å². The largest absolute Gasteiger partial charge is 0.480 e. The number of pyridine rings is 1. The van der Waals surface area contributed by atoms with Gasteiger partial charge in [0, 0.05) is 23.9 Å². The maximum Gasteiger partial charge on any atom is 0.234 e. The number of hydrogen-bond acceptors (Lipinski definition) is 8. The van der Waals surface area contributed by atoms with Crippen LogP contribution in [-0.2, 0) is 5.41 Å². The van der Waals surface area contributed by atoms with Crippen LogP contribution in [-0.4, -0.2) is 33.8 Å². The van der Waals surface area contributed by atoms with Crippen LogP contribution in [0.4, 0.5) is 10.2 Å². The average molecular weight is 412 g/mol. The summed E-state index contributed by atoms with van der Waals surface area (Å²) >= 11 is 1.35. The first-order valence-corrected chi connectivity index (χ1v) is 10.0. The number of methoxy groups -OCH3 is 1.